The van der Waals surface area contributed by atoms with Gasteiger partial charge in [-0.25, -0.2) is 0 Å². The van der Waals surface area contributed by atoms with E-state index in [1.54, 1.807) is 6.07 Å². The van der Waals surface area contributed by atoms with Crippen molar-refractivity contribution >= 4 is 21.6 Å². The first-order valence-corrected chi connectivity index (χ1v) is 10.3. The summed E-state index contributed by atoms with van der Waals surface area (Å²) in [7, 11) is 0. The van der Waals surface area contributed by atoms with Gasteiger partial charge in [-0.1, -0.05) is 35.6 Å². The van der Waals surface area contributed by atoms with Gasteiger partial charge in [0.05, 0.1) is 10.8 Å². The minimum Gasteiger partial charge on any atom is -0.506 e. The number of nitrogens with one attached hydrogen (secondary N) is 2. The average Bonchev–Trinajstić information content (AvgIpc) is 3.07. The predicted octanol–water partition coefficient (Wildman–Crippen LogP) is 3.04. The van der Waals surface area contributed by atoms with E-state index in [-0.39, 0.29) is 10.6 Å². The first kappa shape index (κ1) is 18.2. The summed E-state index contributed by atoms with van der Waals surface area (Å²) >= 11 is 1.01. The van der Waals surface area contributed by atoms with Crippen molar-refractivity contribution in [2.45, 2.75) is 38.2 Å². The number of aliphatic hydroxyl groups excluding tert-OH is 1. The van der Waals surface area contributed by atoms with Gasteiger partial charge in [-0.3, -0.25) is 4.79 Å². The number of hydrogen-bond donors (Lipinski definition) is 4. The van der Waals surface area contributed by atoms with Crippen molar-refractivity contribution < 1.29 is 10.2 Å². The number of aryl methyl sites for hydroxylation is 2. The fourth-order valence-corrected chi connectivity index (χ4v) is 4.74. The minimum absolute atomic E-state index is 0.0275. The normalized spacial score (nSPS) is 15.0. The van der Waals surface area contributed by atoms with Crippen LogP contribution in [0.25, 0.3) is 10.2 Å². The molecule has 1 heterocycles. The quantitative estimate of drug-likeness (QED) is 0.492. The number of rotatable bonds is 6. The Morgan fingerprint density at radius 3 is 2.81 bits per heavy atom. The van der Waals surface area contributed by atoms with Gasteiger partial charge in [0.15, 0.2) is 0 Å². The maximum atomic E-state index is 11.6. The molecule has 0 aliphatic heterocycles. The van der Waals surface area contributed by atoms with Crippen molar-refractivity contribution in [2.24, 2.45) is 0 Å². The molecule has 3 aromatic rings. The molecule has 1 atom stereocenters. The lowest BCUT2D eigenvalue weighted by Crippen LogP contribution is -2.24. The minimum atomic E-state index is -0.733. The second kappa shape index (κ2) is 7.84. The molecule has 5 nitrogen and oxygen atoms in total. The molecular weight excluding hydrogens is 360 g/mol. The fourth-order valence-electron chi connectivity index (χ4n) is 3.83. The molecule has 0 saturated heterocycles. The smallest absolute Gasteiger partial charge is 0.305 e. The van der Waals surface area contributed by atoms with Crippen LogP contribution >= 0.6 is 11.3 Å². The zero-order valence-electron chi connectivity index (χ0n) is 15.1. The maximum absolute atomic E-state index is 11.6. The van der Waals surface area contributed by atoms with Crippen LogP contribution in [-0.2, 0) is 19.3 Å². The number of phenolic OH excluding ortho intramolecular Hbond substituents is 1. The molecule has 4 rings (SSSR count). The van der Waals surface area contributed by atoms with E-state index < -0.39 is 6.10 Å². The summed E-state index contributed by atoms with van der Waals surface area (Å²) in [6.45, 7) is 1.18. The zero-order chi connectivity index (χ0) is 18.8. The number of benzene rings is 2. The van der Waals surface area contributed by atoms with Gasteiger partial charge >= 0.3 is 4.87 Å². The number of aromatic hydroxyl groups is 1. The summed E-state index contributed by atoms with van der Waals surface area (Å²) in [5, 5.41) is 23.7. The molecule has 142 valence electrons. The van der Waals surface area contributed by atoms with E-state index in [9.17, 15) is 15.0 Å². The van der Waals surface area contributed by atoms with Gasteiger partial charge in [0.2, 0.25) is 0 Å². The highest BCUT2D eigenvalue weighted by Crippen LogP contribution is 2.31. The van der Waals surface area contributed by atoms with Crippen molar-refractivity contribution in [3.63, 3.8) is 0 Å². The Balaban J connectivity index is 1.36. The molecule has 0 spiro atoms. The van der Waals surface area contributed by atoms with E-state index >= 15 is 0 Å². The first-order chi connectivity index (χ1) is 13.1. The number of phenols is 1. The topological polar surface area (TPSA) is 85.4 Å². The number of thiazole rings is 1. The van der Waals surface area contributed by atoms with Crippen LogP contribution in [-0.4, -0.2) is 28.3 Å². The highest BCUT2D eigenvalue weighted by Gasteiger charge is 2.16. The van der Waals surface area contributed by atoms with Crippen LogP contribution in [0, 0.1) is 0 Å². The molecule has 1 aromatic heterocycles. The molecular formula is C21H24N2O3S. The molecule has 0 saturated carbocycles. The van der Waals surface area contributed by atoms with Crippen LogP contribution in [0.3, 0.4) is 0 Å². The predicted molar refractivity (Wildman–Crippen MR) is 109 cm³/mol. The van der Waals surface area contributed by atoms with Crippen molar-refractivity contribution in [1.82, 2.24) is 10.3 Å². The molecule has 0 unspecified atom stereocenters. The molecule has 2 aromatic carbocycles. The van der Waals surface area contributed by atoms with Gasteiger partial charge in [0.1, 0.15) is 11.3 Å². The lowest BCUT2D eigenvalue weighted by molar-refractivity contribution is 0.176. The molecule has 0 radical (unpaired) electrons. The van der Waals surface area contributed by atoms with Crippen molar-refractivity contribution in [1.29, 1.82) is 0 Å². The second-order valence-corrected chi connectivity index (χ2v) is 8.16. The van der Waals surface area contributed by atoms with E-state index in [0.717, 1.165) is 24.3 Å². The van der Waals surface area contributed by atoms with Crippen molar-refractivity contribution in [3.8, 4) is 5.75 Å². The third kappa shape index (κ3) is 3.93. The summed E-state index contributed by atoms with van der Waals surface area (Å²) in [5.41, 5.74) is 5.37. The van der Waals surface area contributed by atoms with Crippen LogP contribution in [0.4, 0.5) is 0 Å². The van der Waals surface area contributed by atoms with E-state index in [4.69, 9.17) is 0 Å². The largest absolute Gasteiger partial charge is 0.506 e. The summed E-state index contributed by atoms with van der Waals surface area (Å²) in [6.07, 6.45) is 5.16. The molecule has 0 amide bonds. The van der Waals surface area contributed by atoms with Crippen LogP contribution in [0.1, 0.15) is 41.2 Å². The fraction of sp³-hybridized carbons (Fsp3) is 0.381. The highest BCUT2D eigenvalue weighted by atomic mass is 32.1. The van der Waals surface area contributed by atoms with E-state index in [1.807, 2.05) is 0 Å². The highest BCUT2D eigenvalue weighted by molar-refractivity contribution is 7.16. The van der Waals surface area contributed by atoms with Gasteiger partial charge in [0.25, 0.3) is 0 Å². The number of H-pyrrole nitrogens is 1. The molecule has 1 aliphatic carbocycles. The SMILES string of the molecule is O=c1[nH]c2c(O)ccc([C@@H](O)CNCCc3ccc4c(c3)CCCC4)c2s1. The van der Waals surface area contributed by atoms with Crippen LogP contribution < -0.4 is 10.2 Å². The lowest BCUT2D eigenvalue weighted by Gasteiger charge is -2.17. The van der Waals surface area contributed by atoms with Crippen molar-refractivity contribution in [2.75, 3.05) is 13.1 Å². The number of aromatic nitrogens is 1. The van der Waals surface area contributed by atoms with Gasteiger partial charge in [-0.15, -0.1) is 0 Å². The third-order valence-corrected chi connectivity index (χ3v) is 6.22. The summed E-state index contributed by atoms with van der Waals surface area (Å²) in [5.74, 6) is 0.0275. The van der Waals surface area contributed by atoms with Gasteiger partial charge in [-0.05, 0) is 61.4 Å². The zero-order valence-corrected chi connectivity index (χ0v) is 15.9. The Kier molecular flexibility index (Phi) is 5.29. The van der Waals surface area contributed by atoms with Gasteiger partial charge < -0.3 is 20.5 Å². The lowest BCUT2D eigenvalue weighted by atomic mass is 9.90. The monoisotopic (exact) mass is 384 g/mol. The summed E-state index contributed by atoms with van der Waals surface area (Å²) < 4.78 is 0.615. The molecule has 27 heavy (non-hydrogen) atoms. The summed E-state index contributed by atoms with van der Waals surface area (Å²) in [4.78, 5) is 14.0. The van der Waals surface area contributed by atoms with Crippen LogP contribution in [0.5, 0.6) is 5.75 Å². The second-order valence-electron chi connectivity index (χ2n) is 7.17. The average molecular weight is 385 g/mol. The van der Waals surface area contributed by atoms with Crippen LogP contribution in [0.15, 0.2) is 35.1 Å². The molecule has 6 heteroatoms. The van der Waals surface area contributed by atoms with Gasteiger partial charge in [-0.2, -0.15) is 0 Å². The molecule has 4 N–H and O–H groups in total. The Bertz CT molecular complexity index is 1010. The standard InChI is InChI=1S/C21H24N2O3S/c24-17-8-7-16(20-19(17)23-21(26)27-20)18(25)12-22-10-9-13-5-6-14-3-1-2-4-15(14)11-13/h5-8,11,18,22,24-25H,1-4,9-10,12H2,(H,23,26)/t18-/m0/s1. The number of aliphatic hydroxyl groups is 1. The van der Waals surface area contributed by atoms with E-state index in [1.165, 1.54) is 48.4 Å². The molecule has 0 bridgehead atoms. The Labute approximate surface area is 161 Å². The summed E-state index contributed by atoms with van der Waals surface area (Å²) in [6, 6.07) is 9.99. The first-order valence-electron chi connectivity index (χ1n) is 9.46. The Morgan fingerprint density at radius 1 is 1.15 bits per heavy atom. The number of aromatic amines is 1. The van der Waals surface area contributed by atoms with Crippen LogP contribution in [0.2, 0.25) is 0 Å². The van der Waals surface area contributed by atoms with Gasteiger partial charge in [0, 0.05) is 12.1 Å². The van der Waals surface area contributed by atoms with E-state index in [2.05, 4.69) is 28.5 Å². The Morgan fingerprint density at radius 2 is 1.96 bits per heavy atom. The van der Waals surface area contributed by atoms with E-state index in [0.29, 0.717) is 22.3 Å². The number of hydrogen-bond acceptors (Lipinski definition) is 5. The Hall–Kier alpha value is -2.15. The maximum Gasteiger partial charge on any atom is 0.305 e. The third-order valence-electron chi connectivity index (χ3n) is 5.29. The van der Waals surface area contributed by atoms with Crippen molar-refractivity contribution in [3.05, 3.63) is 62.3 Å². The molecule has 0 fully saturated rings. The molecule has 1 aliphatic rings. The number of fused-ring (bicyclic) bond motifs is 2.